The monoisotopic (exact) mass is 558 g/mol. The predicted molar refractivity (Wildman–Crippen MR) is 152 cm³/mol. The highest BCUT2D eigenvalue weighted by Crippen LogP contribution is 2.28. The van der Waals surface area contributed by atoms with Gasteiger partial charge in [0.1, 0.15) is 18.0 Å². The van der Waals surface area contributed by atoms with Gasteiger partial charge in [0.25, 0.3) is 0 Å². The number of hydrogen-bond acceptors (Lipinski definition) is 7. The van der Waals surface area contributed by atoms with Gasteiger partial charge in [-0.15, -0.1) is 0 Å². The molecule has 0 unspecified atom stereocenters. The van der Waals surface area contributed by atoms with Crippen molar-refractivity contribution in [3.8, 4) is 17.0 Å². The molecule has 8 nitrogen and oxygen atoms in total. The van der Waals surface area contributed by atoms with E-state index in [0.717, 1.165) is 61.1 Å². The lowest BCUT2D eigenvalue weighted by atomic mass is 10.0. The number of benzene rings is 1. The van der Waals surface area contributed by atoms with Crippen molar-refractivity contribution in [3.63, 3.8) is 0 Å². The van der Waals surface area contributed by atoms with Crippen molar-refractivity contribution in [3.05, 3.63) is 47.7 Å². The number of ether oxygens (including phenoxy) is 3. The molecule has 2 aliphatic rings. The van der Waals surface area contributed by atoms with Crippen molar-refractivity contribution in [1.29, 1.82) is 0 Å². The van der Waals surface area contributed by atoms with Crippen molar-refractivity contribution in [2.75, 3.05) is 38.7 Å². The molecule has 2 aromatic rings. The van der Waals surface area contributed by atoms with Gasteiger partial charge in [-0.1, -0.05) is 12.5 Å². The first kappa shape index (κ1) is 29.3. The van der Waals surface area contributed by atoms with Gasteiger partial charge in [-0.2, -0.15) is 0 Å². The predicted octanol–water partition coefficient (Wildman–Crippen LogP) is 5.43. The highest BCUT2D eigenvalue weighted by Gasteiger charge is 2.23. The number of aryl methyl sites for hydroxylation is 1. The second-order valence-electron chi connectivity index (χ2n) is 11.6. The zero-order valence-corrected chi connectivity index (χ0v) is 24.3. The Labute approximate surface area is 233 Å². The first-order chi connectivity index (χ1) is 18.6. The van der Waals surface area contributed by atoms with Gasteiger partial charge < -0.3 is 19.1 Å². The number of amides is 1. The molecule has 3 heterocycles. The van der Waals surface area contributed by atoms with Crippen LogP contribution in [0.3, 0.4) is 0 Å². The smallest absolute Gasteiger partial charge is 0.410 e. The molecule has 214 valence electrons. The lowest BCUT2D eigenvalue weighted by Gasteiger charge is -2.27. The summed E-state index contributed by atoms with van der Waals surface area (Å²) in [6, 6.07) is 9.82. The zero-order chi connectivity index (χ0) is 27.9. The molecule has 39 heavy (non-hydrogen) atoms. The van der Waals surface area contributed by atoms with Crippen LogP contribution in [0.25, 0.3) is 11.3 Å². The van der Waals surface area contributed by atoms with Crippen molar-refractivity contribution in [1.82, 2.24) is 9.88 Å². The number of carbonyl (C=O) groups excluding carboxylic acids is 1. The number of rotatable bonds is 5. The van der Waals surface area contributed by atoms with E-state index in [1.54, 1.807) is 11.1 Å². The number of aromatic nitrogens is 1. The highest BCUT2D eigenvalue weighted by atomic mass is 32.2. The molecule has 0 spiro atoms. The highest BCUT2D eigenvalue weighted by molar-refractivity contribution is 7.90. The lowest BCUT2D eigenvalue weighted by Crippen LogP contribution is -2.39. The van der Waals surface area contributed by atoms with E-state index < -0.39 is 15.4 Å². The van der Waals surface area contributed by atoms with Crippen molar-refractivity contribution >= 4 is 15.9 Å². The van der Waals surface area contributed by atoms with E-state index in [4.69, 9.17) is 14.2 Å². The average molecular weight is 559 g/mol. The van der Waals surface area contributed by atoms with E-state index in [0.29, 0.717) is 38.5 Å². The molecule has 0 aliphatic carbocycles. The Morgan fingerprint density at radius 1 is 1.05 bits per heavy atom. The molecule has 1 aromatic heterocycles. The molecular weight excluding hydrogens is 516 g/mol. The van der Waals surface area contributed by atoms with Gasteiger partial charge in [0, 0.05) is 31.5 Å². The number of nitrogens with zero attached hydrogens (tertiary/aromatic N) is 2. The fourth-order valence-corrected chi connectivity index (χ4v) is 6.87. The largest absolute Gasteiger partial charge is 0.491 e. The molecule has 0 saturated carbocycles. The van der Waals surface area contributed by atoms with Gasteiger partial charge in [-0.3, -0.25) is 4.98 Å². The second kappa shape index (κ2) is 13.1. The third-order valence-corrected chi connectivity index (χ3v) is 8.80. The number of fused-ring (bicyclic) bond motifs is 1. The molecule has 0 bridgehead atoms. The average Bonchev–Trinajstić information content (AvgIpc) is 2.92. The first-order valence-electron chi connectivity index (χ1n) is 14.1. The quantitative estimate of drug-likeness (QED) is 0.483. The van der Waals surface area contributed by atoms with Crippen molar-refractivity contribution in [2.24, 2.45) is 5.92 Å². The molecule has 1 fully saturated rings. The van der Waals surface area contributed by atoms with E-state index >= 15 is 0 Å². The number of sulfone groups is 1. The Hall–Kier alpha value is -2.65. The van der Waals surface area contributed by atoms with E-state index in [1.807, 2.05) is 45.0 Å². The van der Waals surface area contributed by atoms with Gasteiger partial charge in [0.05, 0.1) is 23.7 Å². The minimum absolute atomic E-state index is 0.00990. The third-order valence-electron chi connectivity index (χ3n) is 7.04. The zero-order valence-electron chi connectivity index (χ0n) is 23.5. The molecule has 4 rings (SSSR count). The van der Waals surface area contributed by atoms with Crippen LogP contribution >= 0.6 is 0 Å². The Kier molecular flexibility index (Phi) is 9.88. The summed E-state index contributed by atoms with van der Waals surface area (Å²) in [6.45, 7) is 8.43. The van der Waals surface area contributed by atoms with Crippen LogP contribution in [0.2, 0.25) is 0 Å². The van der Waals surface area contributed by atoms with Crippen molar-refractivity contribution < 1.29 is 27.4 Å². The van der Waals surface area contributed by atoms with E-state index in [1.165, 1.54) is 0 Å². The van der Waals surface area contributed by atoms with Crippen LogP contribution in [0.15, 0.2) is 36.5 Å². The summed E-state index contributed by atoms with van der Waals surface area (Å²) >= 11 is 0. The maximum Gasteiger partial charge on any atom is 0.410 e. The van der Waals surface area contributed by atoms with Gasteiger partial charge in [0.15, 0.2) is 9.84 Å². The molecular formula is C30H42N2O6S. The standard InChI is InChI=1S/C30H42N2O6S/c1-30(2,3)38-29(33)32-14-6-4-5-7-26-19-25(9-11-28(26)37-18-15-32)27-10-8-24(20-31-27)22-39(34,35)21-23-12-16-36-17-13-23/h8-11,19-20,23H,4-7,12-18,21-22H2,1-3H3. The summed E-state index contributed by atoms with van der Waals surface area (Å²) in [5.74, 6) is 1.22. The fraction of sp³-hybridized carbons (Fsp3) is 0.600. The summed E-state index contributed by atoms with van der Waals surface area (Å²) in [6.07, 6.45) is 6.76. The summed E-state index contributed by atoms with van der Waals surface area (Å²) in [4.78, 5) is 18.9. The van der Waals surface area contributed by atoms with E-state index in [9.17, 15) is 13.2 Å². The summed E-state index contributed by atoms with van der Waals surface area (Å²) in [5, 5.41) is 0. The van der Waals surface area contributed by atoms with Gasteiger partial charge in [-0.05, 0) is 94.2 Å². The van der Waals surface area contributed by atoms with Crippen LogP contribution in [-0.4, -0.2) is 68.7 Å². The van der Waals surface area contributed by atoms with Crippen LogP contribution in [-0.2, 0) is 31.5 Å². The van der Waals surface area contributed by atoms with Crippen LogP contribution in [0, 0.1) is 5.92 Å². The number of pyridine rings is 1. The minimum Gasteiger partial charge on any atom is -0.491 e. The topological polar surface area (TPSA) is 95.0 Å². The first-order valence-corrected chi connectivity index (χ1v) is 15.9. The maximum atomic E-state index is 12.7. The molecule has 1 saturated heterocycles. The number of carbonyl (C=O) groups is 1. The summed E-state index contributed by atoms with van der Waals surface area (Å²) < 4.78 is 42.5. The Morgan fingerprint density at radius 2 is 1.85 bits per heavy atom. The molecule has 9 heteroatoms. The van der Waals surface area contributed by atoms with Gasteiger partial charge in [0.2, 0.25) is 0 Å². The summed E-state index contributed by atoms with van der Waals surface area (Å²) in [7, 11) is -3.20. The molecule has 1 amide bonds. The molecule has 2 aliphatic heterocycles. The molecule has 1 aromatic carbocycles. The molecule has 0 atom stereocenters. The third kappa shape index (κ3) is 9.21. The fourth-order valence-electron chi connectivity index (χ4n) is 5.02. The maximum absolute atomic E-state index is 12.7. The SMILES string of the molecule is CC(C)(C)OC(=O)N1CCCCCc2cc(-c3ccc(CS(=O)(=O)CC4CCOCC4)cn3)ccc2OCC1. The van der Waals surface area contributed by atoms with Gasteiger partial charge in [-0.25, -0.2) is 13.2 Å². The van der Waals surface area contributed by atoms with E-state index in [2.05, 4.69) is 11.1 Å². The number of hydrogen-bond donors (Lipinski definition) is 0. The van der Waals surface area contributed by atoms with Crippen LogP contribution in [0.1, 0.15) is 64.0 Å². The Morgan fingerprint density at radius 3 is 2.56 bits per heavy atom. The normalized spacial score (nSPS) is 18.0. The Bertz CT molecular complexity index is 1200. The van der Waals surface area contributed by atoms with Gasteiger partial charge >= 0.3 is 6.09 Å². The van der Waals surface area contributed by atoms with E-state index in [-0.39, 0.29) is 23.5 Å². The van der Waals surface area contributed by atoms with Crippen LogP contribution in [0.5, 0.6) is 5.75 Å². The lowest BCUT2D eigenvalue weighted by molar-refractivity contribution is 0.0224. The Balaban J connectivity index is 1.40. The van der Waals surface area contributed by atoms with Crippen LogP contribution in [0.4, 0.5) is 4.79 Å². The second-order valence-corrected chi connectivity index (χ2v) is 13.7. The molecule has 0 radical (unpaired) electrons. The molecule has 0 N–H and O–H groups in total. The van der Waals surface area contributed by atoms with Crippen LogP contribution < -0.4 is 4.74 Å². The summed E-state index contributed by atoms with van der Waals surface area (Å²) in [5.41, 5.74) is 3.06. The van der Waals surface area contributed by atoms with Crippen molar-refractivity contribution in [2.45, 2.75) is 70.7 Å². The minimum atomic E-state index is -3.20.